The second-order valence-corrected chi connectivity index (χ2v) is 8.19. The first-order valence-corrected chi connectivity index (χ1v) is 9.45. The molecular formula is C12H15BrFNO4S2. The second kappa shape index (κ2) is 7.08. The summed E-state index contributed by atoms with van der Waals surface area (Å²) in [5.74, 6) is -2.24. The Morgan fingerprint density at radius 3 is 2.57 bits per heavy atom. The molecular weight excluding hydrogens is 385 g/mol. The zero-order valence-corrected chi connectivity index (χ0v) is 14.8. The van der Waals surface area contributed by atoms with E-state index < -0.39 is 32.3 Å². The van der Waals surface area contributed by atoms with Gasteiger partial charge in [-0.2, -0.15) is 16.1 Å². The van der Waals surface area contributed by atoms with Gasteiger partial charge in [-0.15, -0.1) is 0 Å². The zero-order chi connectivity index (χ0) is 16.4. The van der Waals surface area contributed by atoms with Crippen molar-refractivity contribution in [3.63, 3.8) is 0 Å². The van der Waals surface area contributed by atoms with E-state index in [1.807, 2.05) is 6.26 Å². The number of thioether (sulfide) groups is 1. The van der Waals surface area contributed by atoms with E-state index in [0.29, 0.717) is 5.75 Å². The van der Waals surface area contributed by atoms with Crippen molar-refractivity contribution < 1.29 is 22.7 Å². The average Bonchev–Trinajstić information content (AvgIpc) is 2.39. The smallest absolute Gasteiger partial charge is 0.338 e. The lowest BCUT2D eigenvalue weighted by Gasteiger charge is -2.24. The molecule has 0 saturated heterocycles. The third-order valence-electron chi connectivity index (χ3n) is 2.92. The maximum absolute atomic E-state index is 14.2. The first-order valence-electron chi connectivity index (χ1n) is 5.82. The van der Waals surface area contributed by atoms with E-state index >= 15 is 0 Å². The van der Waals surface area contributed by atoms with Gasteiger partial charge >= 0.3 is 5.97 Å². The lowest BCUT2D eigenvalue weighted by Crippen LogP contribution is -2.37. The molecule has 1 unspecified atom stereocenters. The van der Waals surface area contributed by atoms with E-state index in [2.05, 4.69) is 15.9 Å². The Morgan fingerprint density at radius 2 is 2.10 bits per heavy atom. The largest absolute Gasteiger partial charge is 0.478 e. The Morgan fingerprint density at radius 1 is 1.52 bits per heavy atom. The van der Waals surface area contributed by atoms with E-state index in [1.54, 1.807) is 6.92 Å². The van der Waals surface area contributed by atoms with Crippen molar-refractivity contribution in [3.05, 3.63) is 28.0 Å². The van der Waals surface area contributed by atoms with Crippen molar-refractivity contribution in [1.29, 1.82) is 0 Å². The molecule has 9 heteroatoms. The summed E-state index contributed by atoms with van der Waals surface area (Å²) in [7, 11) is -2.77. The lowest BCUT2D eigenvalue weighted by molar-refractivity contribution is 0.0691. The normalized spacial score (nSPS) is 13.4. The van der Waals surface area contributed by atoms with Crippen LogP contribution in [-0.2, 0) is 10.0 Å². The van der Waals surface area contributed by atoms with Gasteiger partial charge in [-0.1, -0.05) is 15.9 Å². The number of sulfonamides is 1. The molecule has 1 atom stereocenters. The molecule has 0 radical (unpaired) electrons. The zero-order valence-electron chi connectivity index (χ0n) is 11.6. The molecule has 0 saturated carbocycles. The van der Waals surface area contributed by atoms with Crippen LogP contribution in [0, 0.1) is 5.82 Å². The van der Waals surface area contributed by atoms with Crippen molar-refractivity contribution in [2.24, 2.45) is 0 Å². The van der Waals surface area contributed by atoms with Crippen LogP contribution < -0.4 is 0 Å². The van der Waals surface area contributed by atoms with Gasteiger partial charge in [-0.3, -0.25) is 0 Å². The predicted molar refractivity (Wildman–Crippen MR) is 83.9 cm³/mol. The molecule has 118 valence electrons. The molecule has 0 aliphatic carbocycles. The van der Waals surface area contributed by atoms with Gasteiger partial charge in [0.15, 0.2) is 5.82 Å². The summed E-state index contributed by atoms with van der Waals surface area (Å²) in [6, 6.07) is 1.75. The van der Waals surface area contributed by atoms with Crippen LogP contribution in [0.5, 0.6) is 0 Å². The number of carboxylic acid groups (broad SMARTS) is 1. The Kier molecular flexibility index (Phi) is 6.21. The van der Waals surface area contributed by atoms with Crippen LogP contribution in [0.15, 0.2) is 21.5 Å². The van der Waals surface area contributed by atoms with Crippen molar-refractivity contribution in [3.8, 4) is 0 Å². The number of carboxylic acids is 1. The lowest BCUT2D eigenvalue weighted by atomic mass is 10.2. The molecule has 0 aliphatic heterocycles. The Labute approximate surface area is 135 Å². The highest BCUT2D eigenvalue weighted by Crippen LogP contribution is 2.27. The van der Waals surface area contributed by atoms with Crippen molar-refractivity contribution >= 4 is 43.7 Å². The topological polar surface area (TPSA) is 74.7 Å². The number of hydrogen-bond donors (Lipinski definition) is 1. The van der Waals surface area contributed by atoms with Crippen molar-refractivity contribution in [2.75, 3.05) is 19.1 Å². The number of aromatic carboxylic acids is 1. The summed E-state index contributed by atoms with van der Waals surface area (Å²) in [6.07, 6.45) is 1.83. The second-order valence-electron chi connectivity index (χ2n) is 4.40. The summed E-state index contributed by atoms with van der Waals surface area (Å²) in [5.41, 5.74) is -0.686. The van der Waals surface area contributed by atoms with E-state index in [1.165, 1.54) is 18.8 Å². The van der Waals surface area contributed by atoms with Crippen LogP contribution >= 0.6 is 27.7 Å². The third-order valence-corrected chi connectivity index (χ3v) is 6.16. The molecule has 1 rings (SSSR count). The van der Waals surface area contributed by atoms with E-state index in [-0.39, 0.29) is 10.5 Å². The number of halogens is 2. The van der Waals surface area contributed by atoms with Crippen molar-refractivity contribution in [1.82, 2.24) is 4.31 Å². The minimum absolute atomic E-state index is 0.186. The number of hydrogen-bond acceptors (Lipinski definition) is 4. The molecule has 21 heavy (non-hydrogen) atoms. The van der Waals surface area contributed by atoms with E-state index in [0.717, 1.165) is 16.4 Å². The maximum Gasteiger partial charge on any atom is 0.338 e. The summed E-state index contributed by atoms with van der Waals surface area (Å²) >= 11 is 4.47. The molecule has 1 aromatic rings. The molecule has 0 amide bonds. The highest BCUT2D eigenvalue weighted by molar-refractivity contribution is 9.10. The Balaban J connectivity index is 3.42. The fourth-order valence-corrected chi connectivity index (χ4v) is 4.53. The fraction of sp³-hybridized carbons (Fsp3) is 0.417. The highest BCUT2D eigenvalue weighted by Gasteiger charge is 2.30. The predicted octanol–water partition coefficient (Wildman–Crippen LogP) is 2.66. The number of nitrogens with zero attached hydrogens (tertiary/aromatic N) is 1. The Bertz CT molecular complexity index is 651. The molecule has 1 N–H and O–H groups in total. The van der Waals surface area contributed by atoms with Gasteiger partial charge in [0.1, 0.15) is 4.90 Å². The SMILES string of the molecule is CSCC(C)N(C)S(=O)(=O)c1cc(Br)cc(C(=O)O)c1F. The molecule has 5 nitrogen and oxygen atoms in total. The van der Waals surface area contributed by atoms with Gasteiger partial charge in [0.25, 0.3) is 0 Å². The molecule has 0 aromatic heterocycles. The van der Waals surface area contributed by atoms with Crippen molar-refractivity contribution in [2.45, 2.75) is 17.9 Å². The van der Waals surface area contributed by atoms with Gasteiger partial charge in [-0.05, 0) is 25.3 Å². The first kappa shape index (κ1) is 18.4. The van der Waals surface area contributed by atoms with Gasteiger partial charge in [-0.25, -0.2) is 17.6 Å². The summed E-state index contributed by atoms with van der Waals surface area (Å²) in [6.45, 7) is 1.70. The van der Waals surface area contributed by atoms with Crippen LogP contribution in [0.4, 0.5) is 4.39 Å². The fourth-order valence-electron chi connectivity index (χ4n) is 1.65. The first-order chi connectivity index (χ1) is 9.62. The summed E-state index contributed by atoms with van der Waals surface area (Å²) in [5, 5.41) is 8.94. The molecule has 1 aromatic carbocycles. The number of rotatable bonds is 6. The molecule has 0 bridgehead atoms. The van der Waals surface area contributed by atoms with Gasteiger partial charge in [0.2, 0.25) is 10.0 Å². The molecule has 0 fully saturated rings. The highest BCUT2D eigenvalue weighted by atomic mass is 79.9. The minimum Gasteiger partial charge on any atom is -0.478 e. The maximum atomic E-state index is 14.2. The quantitative estimate of drug-likeness (QED) is 0.795. The van der Waals surface area contributed by atoms with Crippen LogP contribution in [0.25, 0.3) is 0 Å². The van der Waals surface area contributed by atoms with E-state index in [9.17, 15) is 17.6 Å². The van der Waals surface area contributed by atoms with Gasteiger partial charge < -0.3 is 5.11 Å². The summed E-state index contributed by atoms with van der Waals surface area (Å²) in [4.78, 5) is 10.3. The van der Waals surface area contributed by atoms with Crippen LogP contribution in [0.1, 0.15) is 17.3 Å². The molecule has 0 aliphatic rings. The molecule has 0 heterocycles. The minimum atomic E-state index is -4.12. The van der Waals surface area contributed by atoms with Crippen LogP contribution in [0.2, 0.25) is 0 Å². The number of benzene rings is 1. The standard InChI is InChI=1S/C12H15BrFNO4S2/c1-7(6-20-3)15(2)21(18,19)10-5-8(13)4-9(11(10)14)12(16)17/h4-5,7H,6H2,1-3H3,(H,16,17). The monoisotopic (exact) mass is 399 g/mol. The Hall–Kier alpha value is -0.640. The van der Waals surface area contributed by atoms with E-state index in [4.69, 9.17) is 5.11 Å². The molecule has 0 spiro atoms. The van der Waals surface area contributed by atoms with Crippen LogP contribution in [-0.4, -0.2) is 48.9 Å². The van der Waals surface area contributed by atoms with Gasteiger partial charge in [0, 0.05) is 23.3 Å². The van der Waals surface area contributed by atoms with Crippen LogP contribution in [0.3, 0.4) is 0 Å². The number of carbonyl (C=O) groups is 1. The summed E-state index contributed by atoms with van der Waals surface area (Å²) < 4.78 is 40.3. The average molecular weight is 400 g/mol. The van der Waals surface area contributed by atoms with Gasteiger partial charge in [0.05, 0.1) is 5.56 Å². The third kappa shape index (κ3) is 3.97.